The molecule has 0 saturated carbocycles. The Labute approximate surface area is 76.0 Å². The van der Waals surface area contributed by atoms with Crippen molar-refractivity contribution in [1.82, 2.24) is 0 Å². The van der Waals surface area contributed by atoms with Gasteiger partial charge in [0.15, 0.2) is 0 Å². The van der Waals surface area contributed by atoms with E-state index >= 15 is 0 Å². The molecule has 0 aliphatic rings. The Bertz CT molecular complexity index is 151. The van der Waals surface area contributed by atoms with E-state index in [-0.39, 0.29) is 8.41 Å². The van der Waals surface area contributed by atoms with E-state index in [9.17, 15) is 0 Å². The van der Waals surface area contributed by atoms with Gasteiger partial charge in [-0.1, -0.05) is 35.9 Å². The molecule has 0 spiro atoms. The summed E-state index contributed by atoms with van der Waals surface area (Å²) in [4.78, 5) is 0. The Morgan fingerprint density at radius 2 is 1.36 bits per heavy atom. The second-order valence-electron chi connectivity index (χ2n) is 2.06. The van der Waals surface area contributed by atoms with Gasteiger partial charge in [-0.15, -0.1) is 0 Å². The highest BCUT2D eigenvalue weighted by Gasteiger charge is 1.72. The summed E-state index contributed by atoms with van der Waals surface area (Å²) in [6.45, 7) is 2.08. The van der Waals surface area contributed by atoms with Crippen molar-refractivity contribution >= 4 is 20.2 Å². The van der Waals surface area contributed by atoms with E-state index in [0.29, 0.717) is 0 Å². The summed E-state index contributed by atoms with van der Waals surface area (Å²) in [6, 6.07) is 10.3. The first-order valence-corrected chi connectivity index (χ1v) is 4.86. The Morgan fingerprint density at radius 3 is 1.55 bits per heavy atom. The van der Waals surface area contributed by atoms with Gasteiger partial charge in [0.05, 0.1) is 0 Å². The van der Waals surface area contributed by atoms with Crippen molar-refractivity contribution in [3.05, 3.63) is 35.9 Å². The maximum atomic E-state index is 2.08. The minimum Gasteiger partial charge on any atom is -0.169 e. The van der Waals surface area contributed by atoms with Crippen molar-refractivity contribution in [2.24, 2.45) is 0 Å². The lowest BCUT2D eigenvalue weighted by atomic mass is 10.2. The summed E-state index contributed by atoms with van der Waals surface area (Å²) in [5.74, 6) is 0. The molecule has 0 nitrogen and oxygen atoms in total. The molecule has 0 bridgehead atoms. The fraction of sp³-hybridized carbons (Fsp3) is 0.333. The highest BCUT2D eigenvalue weighted by atomic mass is 32.2. The predicted molar refractivity (Wildman–Crippen MR) is 56.4 cm³/mol. The van der Waals surface area contributed by atoms with Crippen LogP contribution >= 0.6 is 11.8 Å². The molecule has 0 aliphatic carbocycles. The van der Waals surface area contributed by atoms with Crippen LogP contribution in [0.3, 0.4) is 0 Å². The first-order chi connectivity index (χ1) is 4.81. The topological polar surface area (TPSA) is 0 Å². The third kappa shape index (κ3) is 9.63. The summed E-state index contributed by atoms with van der Waals surface area (Å²) >= 11 is 1.75. The molecule has 0 N–H and O–H groups in total. The van der Waals surface area contributed by atoms with E-state index in [4.69, 9.17) is 0 Å². The normalized spacial score (nSPS) is 7.18. The Balaban J connectivity index is 0. The molecule has 0 atom stereocenters. The van der Waals surface area contributed by atoms with Crippen LogP contribution in [0.4, 0.5) is 0 Å². The van der Waals surface area contributed by atoms with Gasteiger partial charge >= 0.3 is 0 Å². The van der Waals surface area contributed by atoms with Gasteiger partial charge < -0.3 is 0 Å². The quantitative estimate of drug-likeness (QED) is 0.532. The van der Waals surface area contributed by atoms with Crippen LogP contribution in [-0.4, -0.2) is 20.9 Å². The van der Waals surface area contributed by atoms with Gasteiger partial charge in [0.25, 0.3) is 0 Å². The second-order valence-corrected chi connectivity index (χ2v) is 2.88. The molecule has 0 saturated heterocycles. The number of hydrogen-bond acceptors (Lipinski definition) is 1. The summed E-state index contributed by atoms with van der Waals surface area (Å²) < 4.78 is 0. The molecule has 59 valence electrons. The summed E-state index contributed by atoms with van der Waals surface area (Å²) in [5.41, 5.74) is 1.32. The highest BCUT2D eigenvalue weighted by Crippen LogP contribution is 1.92. The van der Waals surface area contributed by atoms with E-state index in [1.807, 2.05) is 30.7 Å². The molecule has 2 heteroatoms. The van der Waals surface area contributed by atoms with Crippen LogP contribution in [0.25, 0.3) is 0 Å². The lowest BCUT2D eigenvalue weighted by molar-refractivity contribution is 1.48. The van der Waals surface area contributed by atoms with Crippen molar-refractivity contribution in [2.75, 3.05) is 12.5 Å². The third-order valence-corrected chi connectivity index (χ3v) is 0.940. The van der Waals surface area contributed by atoms with Crippen molar-refractivity contribution in [3.63, 3.8) is 0 Å². The van der Waals surface area contributed by atoms with Crippen molar-refractivity contribution in [3.8, 4) is 0 Å². The zero-order valence-electron chi connectivity index (χ0n) is 7.37. The molecule has 0 aromatic heterocycles. The summed E-state index contributed by atoms with van der Waals surface area (Å²) in [5, 5.41) is 0. The Kier molecular flexibility index (Phi) is 11.6. The average molecular weight is 165 g/mol. The van der Waals surface area contributed by atoms with Crippen LogP contribution in [0.5, 0.6) is 0 Å². The molecule has 0 fully saturated rings. The third-order valence-electron chi connectivity index (χ3n) is 0.940. The maximum Gasteiger partial charge on any atom is 0 e. The largest absolute Gasteiger partial charge is 0.169 e. The summed E-state index contributed by atoms with van der Waals surface area (Å²) in [6.07, 6.45) is 4.08. The lowest BCUT2D eigenvalue weighted by Gasteiger charge is -1.82. The Hall–Kier alpha value is -0.365. The van der Waals surface area contributed by atoms with E-state index in [1.54, 1.807) is 11.8 Å². The number of hydrogen-bond donors (Lipinski definition) is 0. The molecule has 3 radical (unpaired) electrons. The first kappa shape index (κ1) is 13.2. The van der Waals surface area contributed by atoms with Crippen LogP contribution < -0.4 is 0 Å². The predicted octanol–water partition coefficient (Wildman–Crippen LogP) is 2.59. The molecule has 1 rings (SSSR count). The minimum atomic E-state index is 0. The molecular weight excluding hydrogens is 151 g/mol. The molecule has 1 aromatic carbocycles. The molecule has 11 heavy (non-hydrogen) atoms. The molecule has 0 unspecified atom stereocenters. The smallest absolute Gasteiger partial charge is 0 e. The SMILES string of the molecule is CSC.Cc1ccccc1.[B]. The first-order valence-electron chi connectivity index (χ1n) is 3.23. The van der Waals surface area contributed by atoms with Gasteiger partial charge in [0.2, 0.25) is 0 Å². The molecule has 1 aromatic rings. The minimum absolute atomic E-state index is 0. The van der Waals surface area contributed by atoms with Crippen LogP contribution in [0.1, 0.15) is 5.56 Å². The van der Waals surface area contributed by atoms with Gasteiger partial charge in [-0.25, -0.2) is 0 Å². The number of rotatable bonds is 0. The highest BCUT2D eigenvalue weighted by molar-refractivity contribution is 7.97. The Morgan fingerprint density at radius 1 is 1.00 bits per heavy atom. The number of thioether (sulfide) groups is 1. The number of benzene rings is 1. The second kappa shape index (κ2) is 9.63. The van der Waals surface area contributed by atoms with Crippen molar-refractivity contribution in [1.29, 1.82) is 0 Å². The van der Waals surface area contributed by atoms with Gasteiger partial charge in [0, 0.05) is 8.41 Å². The van der Waals surface area contributed by atoms with Gasteiger partial charge in [-0.2, -0.15) is 11.8 Å². The fourth-order valence-corrected chi connectivity index (χ4v) is 0.534. The van der Waals surface area contributed by atoms with Gasteiger partial charge in [0.1, 0.15) is 0 Å². The van der Waals surface area contributed by atoms with Crippen LogP contribution in [0, 0.1) is 6.92 Å². The monoisotopic (exact) mass is 165 g/mol. The van der Waals surface area contributed by atoms with E-state index in [2.05, 4.69) is 19.1 Å². The molecular formula is C9H14BS. The summed E-state index contributed by atoms with van der Waals surface area (Å²) in [7, 11) is 0. The standard InChI is InChI=1S/C7H8.C2H6S.B/c1-7-5-3-2-4-6-7;1-3-2;/h2-6H,1H3;1-2H3;. The van der Waals surface area contributed by atoms with E-state index in [0.717, 1.165) is 0 Å². The van der Waals surface area contributed by atoms with E-state index < -0.39 is 0 Å². The zero-order valence-corrected chi connectivity index (χ0v) is 8.19. The zero-order chi connectivity index (χ0) is 7.82. The van der Waals surface area contributed by atoms with Crippen LogP contribution in [0.15, 0.2) is 30.3 Å². The van der Waals surface area contributed by atoms with Crippen molar-refractivity contribution < 1.29 is 0 Å². The van der Waals surface area contributed by atoms with Crippen LogP contribution in [-0.2, 0) is 0 Å². The molecule has 0 heterocycles. The fourth-order valence-electron chi connectivity index (χ4n) is 0.534. The van der Waals surface area contributed by atoms with E-state index in [1.165, 1.54) is 5.56 Å². The molecule has 0 amide bonds. The number of aryl methyl sites for hydroxylation is 1. The van der Waals surface area contributed by atoms with Gasteiger partial charge in [-0.05, 0) is 19.4 Å². The molecule has 0 aliphatic heterocycles. The lowest BCUT2D eigenvalue weighted by Crippen LogP contribution is -1.62. The maximum absolute atomic E-state index is 2.08. The average Bonchev–Trinajstić information content (AvgIpc) is 1.91. The van der Waals surface area contributed by atoms with Gasteiger partial charge in [-0.3, -0.25) is 0 Å². The van der Waals surface area contributed by atoms with Crippen molar-refractivity contribution in [2.45, 2.75) is 6.92 Å². The van der Waals surface area contributed by atoms with Crippen LogP contribution in [0.2, 0.25) is 0 Å².